The van der Waals surface area contributed by atoms with Gasteiger partial charge in [0, 0.05) is 11.8 Å². The molecule has 1 aliphatic heterocycles. The zero-order valence-electron chi connectivity index (χ0n) is 12.6. The van der Waals surface area contributed by atoms with E-state index in [9.17, 15) is 9.59 Å². The topological polar surface area (TPSA) is 71.5 Å². The fourth-order valence-corrected chi connectivity index (χ4v) is 2.42. The van der Waals surface area contributed by atoms with Crippen molar-refractivity contribution in [2.75, 3.05) is 13.7 Å². The molecule has 6 heteroatoms. The quantitative estimate of drug-likeness (QED) is 0.877. The van der Waals surface area contributed by atoms with Gasteiger partial charge in [-0.3, -0.25) is 9.59 Å². The van der Waals surface area contributed by atoms with Crippen molar-refractivity contribution in [1.29, 1.82) is 0 Å². The Hall–Kier alpha value is -2.11. The van der Waals surface area contributed by atoms with E-state index < -0.39 is 6.04 Å². The number of pyridine rings is 1. The molecular weight excluding hydrogens is 270 g/mol. The van der Waals surface area contributed by atoms with Gasteiger partial charge in [0.1, 0.15) is 6.04 Å². The predicted octanol–water partition coefficient (Wildman–Crippen LogP) is 0.963. The third-order valence-electron chi connectivity index (χ3n) is 3.85. The largest absolute Gasteiger partial charge is 0.481 e. The third-order valence-corrected chi connectivity index (χ3v) is 3.85. The number of aromatic nitrogens is 1. The van der Waals surface area contributed by atoms with Crippen LogP contribution in [0.3, 0.4) is 0 Å². The Kier molecular flexibility index (Phi) is 4.77. The Balaban J connectivity index is 2.18. The molecule has 0 spiro atoms. The molecule has 1 N–H and O–H groups in total. The van der Waals surface area contributed by atoms with E-state index >= 15 is 0 Å². The summed E-state index contributed by atoms with van der Waals surface area (Å²) in [4.78, 5) is 30.0. The molecule has 1 saturated heterocycles. The monoisotopic (exact) mass is 291 g/mol. The van der Waals surface area contributed by atoms with Crippen LogP contribution in [0.4, 0.5) is 0 Å². The summed E-state index contributed by atoms with van der Waals surface area (Å²) < 4.78 is 5.19. The van der Waals surface area contributed by atoms with Crippen molar-refractivity contribution in [3.63, 3.8) is 0 Å². The molecule has 0 bridgehead atoms. The lowest BCUT2D eigenvalue weighted by Crippen LogP contribution is -2.59. The van der Waals surface area contributed by atoms with Crippen LogP contribution in [-0.4, -0.2) is 41.4 Å². The SMILES string of the molecule is CCC(C)C1NC(=O)CN(Cc2cccnc2OC)C1=O. The Morgan fingerprint density at radius 2 is 2.29 bits per heavy atom. The van der Waals surface area contributed by atoms with Gasteiger partial charge in [0.25, 0.3) is 0 Å². The van der Waals surface area contributed by atoms with E-state index in [4.69, 9.17) is 4.74 Å². The fraction of sp³-hybridized carbons (Fsp3) is 0.533. The number of methoxy groups -OCH3 is 1. The maximum Gasteiger partial charge on any atom is 0.246 e. The first kappa shape index (κ1) is 15.3. The molecule has 1 aromatic heterocycles. The van der Waals surface area contributed by atoms with Crippen molar-refractivity contribution in [2.45, 2.75) is 32.9 Å². The summed E-state index contributed by atoms with van der Waals surface area (Å²) in [5.41, 5.74) is 0.797. The van der Waals surface area contributed by atoms with Gasteiger partial charge in [0.05, 0.1) is 20.2 Å². The zero-order valence-corrected chi connectivity index (χ0v) is 12.6. The average Bonchev–Trinajstić information content (AvgIpc) is 2.50. The fourth-order valence-electron chi connectivity index (χ4n) is 2.42. The van der Waals surface area contributed by atoms with Crippen LogP contribution in [0.25, 0.3) is 0 Å². The first-order valence-corrected chi connectivity index (χ1v) is 7.12. The number of carbonyl (C=O) groups is 2. The molecule has 0 saturated carbocycles. The summed E-state index contributed by atoms with van der Waals surface area (Å²) in [6, 6.07) is 3.20. The Morgan fingerprint density at radius 1 is 1.52 bits per heavy atom. The number of ether oxygens (including phenoxy) is 1. The van der Waals surface area contributed by atoms with E-state index in [1.54, 1.807) is 24.3 Å². The number of hydrogen-bond acceptors (Lipinski definition) is 4. The summed E-state index contributed by atoms with van der Waals surface area (Å²) in [6.45, 7) is 4.38. The molecule has 1 aromatic rings. The second-order valence-corrected chi connectivity index (χ2v) is 5.30. The van der Waals surface area contributed by atoms with Crippen molar-refractivity contribution in [3.8, 4) is 5.88 Å². The van der Waals surface area contributed by atoms with E-state index in [1.807, 2.05) is 19.9 Å². The van der Waals surface area contributed by atoms with Crippen LogP contribution >= 0.6 is 0 Å². The van der Waals surface area contributed by atoms with Crippen LogP contribution < -0.4 is 10.1 Å². The molecule has 114 valence electrons. The average molecular weight is 291 g/mol. The molecule has 2 unspecified atom stereocenters. The molecule has 0 radical (unpaired) electrons. The minimum absolute atomic E-state index is 0.0464. The third kappa shape index (κ3) is 3.32. The number of nitrogens with one attached hydrogen (secondary N) is 1. The van der Waals surface area contributed by atoms with Crippen LogP contribution in [0, 0.1) is 5.92 Å². The number of nitrogens with zero attached hydrogens (tertiary/aromatic N) is 2. The van der Waals surface area contributed by atoms with Gasteiger partial charge in [-0.25, -0.2) is 4.98 Å². The van der Waals surface area contributed by atoms with E-state index in [2.05, 4.69) is 10.3 Å². The van der Waals surface area contributed by atoms with Crippen molar-refractivity contribution in [2.24, 2.45) is 5.92 Å². The number of rotatable bonds is 5. The number of hydrogen-bond donors (Lipinski definition) is 1. The highest BCUT2D eigenvalue weighted by Gasteiger charge is 2.35. The number of amides is 2. The maximum atomic E-state index is 12.5. The minimum atomic E-state index is -0.445. The molecule has 6 nitrogen and oxygen atoms in total. The molecule has 2 amide bonds. The summed E-state index contributed by atoms with van der Waals surface area (Å²) >= 11 is 0. The van der Waals surface area contributed by atoms with Crippen molar-refractivity contribution < 1.29 is 14.3 Å². The lowest BCUT2D eigenvalue weighted by Gasteiger charge is -2.35. The highest BCUT2D eigenvalue weighted by atomic mass is 16.5. The normalized spacial score (nSPS) is 20.1. The van der Waals surface area contributed by atoms with Crippen LogP contribution in [0.15, 0.2) is 18.3 Å². The van der Waals surface area contributed by atoms with Gasteiger partial charge in [-0.2, -0.15) is 0 Å². The molecule has 0 aliphatic carbocycles. The van der Waals surface area contributed by atoms with Gasteiger partial charge in [0.15, 0.2) is 0 Å². The van der Waals surface area contributed by atoms with Gasteiger partial charge in [-0.05, 0) is 12.0 Å². The summed E-state index contributed by atoms with van der Waals surface area (Å²) in [5, 5.41) is 2.78. The maximum absolute atomic E-state index is 12.5. The molecule has 0 aromatic carbocycles. The molecule has 1 fully saturated rings. The highest BCUT2D eigenvalue weighted by Crippen LogP contribution is 2.20. The minimum Gasteiger partial charge on any atom is -0.481 e. The smallest absolute Gasteiger partial charge is 0.246 e. The second-order valence-electron chi connectivity index (χ2n) is 5.30. The number of carbonyl (C=O) groups excluding carboxylic acids is 2. The van der Waals surface area contributed by atoms with Crippen molar-refractivity contribution in [3.05, 3.63) is 23.9 Å². The molecule has 2 rings (SSSR count). The van der Waals surface area contributed by atoms with Crippen molar-refractivity contribution in [1.82, 2.24) is 15.2 Å². The highest BCUT2D eigenvalue weighted by molar-refractivity contribution is 5.95. The summed E-state index contributed by atoms with van der Waals surface area (Å²) in [5.74, 6) is 0.425. The lowest BCUT2D eigenvalue weighted by molar-refractivity contribution is -0.146. The lowest BCUT2D eigenvalue weighted by atomic mass is 9.96. The van der Waals surface area contributed by atoms with Gasteiger partial charge in [-0.1, -0.05) is 26.3 Å². The van der Waals surface area contributed by atoms with Crippen LogP contribution in [0.2, 0.25) is 0 Å². The Bertz CT molecular complexity index is 533. The molecular formula is C15H21N3O3. The first-order chi connectivity index (χ1) is 10.1. The van der Waals surface area contributed by atoms with Crippen LogP contribution in [0.1, 0.15) is 25.8 Å². The summed E-state index contributed by atoms with van der Waals surface area (Å²) in [7, 11) is 1.54. The Labute approximate surface area is 124 Å². The predicted molar refractivity (Wildman–Crippen MR) is 77.6 cm³/mol. The molecule has 1 aliphatic rings. The van der Waals surface area contributed by atoms with Gasteiger partial charge in [0.2, 0.25) is 17.7 Å². The van der Waals surface area contributed by atoms with Crippen LogP contribution in [0.5, 0.6) is 5.88 Å². The molecule has 2 heterocycles. The van der Waals surface area contributed by atoms with Gasteiger partial charge < -0.3 is 15.0 Å². The van der Waals surface area contributed by atoms with E-state index in [0.29, 0.717) is 12.4 Å². The number of piperazine rings is 1. The van der Waals surface area contributed by atoms with E-state index in [0.717, 1.165) is 12.0 Å². The van der Waals surface area contributed by atoms with Crippen LogP contribution in [-0.2, 0) is 16.1 Å². The van der Waals surface area contributed by atoms with Gasteiger partial charge in [-0.15, -0.1) is 0 Å². The van der Waals surface area contributed by atoms with E-state index in [1.165, 1.54) is 0 Å². The zero-order chi connectivity index (χ0) is 15.4. The van der Waals surface area contributed by atoms with E-state index in [-0.39, 0.29) is 24.3 Å². The second kappa shape index (κ2) is 6.56. The summed E-state index contributed by atoms with van der Waals surface area (Å²) in [6.07, 6.45) is 2.47. The van der Waals surface area contributed by atoms with Gasteiger partial charge >= 0.3 is 0 Å². The Morgan fingerprint density at radius 3 is 2.95 bits per heavy atom. The molecule has 2 atom stereocenters. The molecule has 21 heavy (non-hydrogen) atoms. The van der Waals surface area contributed by atoms with Crippen molar-refractivity contribution >= 4 is 11.8 Å². The standard InChI is InChI=1S/C15H21N3O3/c1-4-10(2)13-15(20)18(9-12(19)17-13)8-11-6-5-7-16-14(11)21-3/h5-7,10,13H,4,8-9H2,1-3H3,(H,17,19). The first-order valence-electron chi connectivity index (χ1n) is 7.12.